The van der Waals surface area contributed by atoms with Gasteiger partial charge in [-0.15, -0.1) is 0 Å². The first-order chi connectivity index (χ1) is 8.54. The number of nitrogens with one attached hydrogen (secondary N) is 1. The zero-order chi connectivity index (χ0) is 13.3. The molecule has 0 spiro atoms. The molecule has 2 rings (SSSR count). The molecule has 1 heterocycles. The van der Waals surface area contributed by atoms with Gasteiger partial charge < -0.3 is 16.0 Å². The smallest absolute Gasteiger partial charge is 0.245 e. The third-order valence-electron chi connectivity index (χ3n) is 2.96. The molecule has 0 saturated carbocycles. The van der Waals surface area contributed by atoms with Crippen LogP contribution in [-0.2, 0) is 4.79 Å². The third kappa shape index (κ3) is 2.13. The van der Waals surface area contributed by atoms with Gasteiger partial charge in [0.2, 0.25) is 5.91 Å². The van der Waals surface area contributed by atoms with E-state index in [2.05, 4.69) is 11.4 Å². The summed E-state index contributed by atoms with van der Waals surface area (Å²) in [4.78, 5) is 13.3. The summed E-state index contributed by atoms with van der Waals surface area (Å²) >= 11 is 6.18. The quantitative estimate of drug-likeness (QED) is 0.870. The van der Waals surface area contributed by atoms with E-state index in [-0.39, 0.29) is 5.91 Å². The van der Waals surface area contributed by atoms with Crippen LogP contribution in [0, 0.1) is 11.3 Å². The zero-order valence-electron chi connectivity index (χ0n) is 9.90. The first-order valence-electron chi connectivity index (χ1n) is 5.52. The zero-order valence-corrected chi connectivity index (χ0v) is 10.7. The van der Waals surface area contributed by atoms with Crippen LogP contribution < -0.4 is 16.0 Å². The molecule has 1 aromatic rings. The maximum atomic E-state index is 11.5. The Balaban J connectivity index is 2.33. The number of rotatable bonds is 3. The number of fused-ring (bicyclic) bond motifs is 1. The maximum Gasteiger partial charge on any atom is 0.245 e. The second-order valence-corrected chi connectivity index (χ2v) is 4.59. The van der Waals surface area contributed by atoms with Crippen molar-refractivity contribution >= 4 is 28.9 Å². The van der Waals surface area contributed by atoms with E-state index in [1.165, 1.54) is 0 Å². The average Bonchev–Trinajstić information content (AvgIpc) is 2.62. The highest BCUT2D eigenvalue weighted by atomic mass is 35.5. The molecule has 18 heavy (non-hydrogen) atoms. The summed E-state index contributed by atoms with van der Waals surface area (Å²) in [5.41, 5.74) is 7.92. The van der Waals surface area contributed by atoms with Crippen molar-refractivity contribution in [2.75, 3.05) is 23.8 Å². The van der Waals surface area contributed by atoms with Crippen LogP contribution in [0.4, 0.5) is 11.4 Å². The Bertz CT molecular complexity index is 538. The van der Waals surface area contributed by atoms with Gasteiger partial charge in [-0.3, -0.25) is 4.79 Å². The van der Waals surface area contributed by atoms with Crippen molar-refractivity contribution in [3.05, 3.63) is 22.7 Å². The Morgan fingerprint density at radius 2 is 2.33 bits per heavy atom. The van der Waals surface area contributed by atoms with E-state index in [0.29, 0.717) is 29.2 Å². The first kappa shape index (κ1) is 12.7. The lowest BCUT2D eigenvalue weighted by Gasteiger charge is -2.20. The van der Waals surface area contributed by atoms with Gasteiger partial charge >= 0.3 is 0 Å². The largest absolute Gasteiger partial charge is 0.372 e. The topological polar surface area (TPSA) is 82.2 Å². The summed E-state index contributed by atoms with van der Waals surface area (Å²) in [6.07, 6.45) is 0.412. The predicted octanol–water partition coefficient (Wildman–Crippen LogP) is 1.64. The van der Waals surface area contributed by atoms with Gasteiger partial charge in [-0.1, -0.05) is 11.6 Å². The minimum absolute atomic E-state index is 0.224. The average molecular weight is 265 g/mol. The summed E-state index contributed by atoms with van der Waals surface area (Å²) in [5.74, 6) is -0.224. The second kappa shape index (κ2) is 4.84. The van der Waals surface area contributed by atoms with Gasteiger partial charge in [0.1, 0.15) is 6.04 Å². The number of amides is 1. The number of nitrogens with two attached hydrogens (primary N) is 1. The molecule has 0 saturated heterocycles. The standard InChI is InChI=1S/C12H13ClN4O/c1-17(4-2-3-14)10-6-9-7(5-8(10)13)11(15)12(18)16-9/h5-6,11H,2,4,15H2,1H3,(H,16,18). The van der Waals surface area contributed by atoms with E-state index in [0.717, 1.165) is 5.69 Å². The molecule has 1 unspecified atom stereocenters. The molecular formula is C12H13ClN4O. The first-order valence-corrected chi connectivity index (χ1v) is 5.90. The molecule has 5 nitrogen and oxygen atoms in total. The van der Waals surface area contributed by atoms with Crippen molar-refractivity contribution in [2.24, 2.45) is 5.73 Å². The lowest BCUT2D eigenvalue weighted by atomic mass is 10.1. The number of nitriles is 1. The summed E-state index contributed by atoms with van der Waals surface area (Å²) in [7, 11) is 1.85. The molecule has 0 aliphatic carbocycles. The van der Waals surface area contributed by atoms with Crippen LogP contribution in [0.1, 0.15) is 18.0 Å². The van der Waals surface area contributed by atoms with E-state index in [4.69, 9.17) is 22.6 Å². The van der Waals surface area contributed by atoms with Crippen molar-refractivity contribution < 1.29 is 4.79 Å². The molecular weight excluding hydrogens is 252 g/mol. The van der Waals surface area contributed by atoms with Gasteiger partial charge in [0.25, 0.3) is 0 Å². The lowest BCUT2D eigenvalue weighted by molar-refractivity contribution is -0.116. The molecule has 6 heteroatoms. The van der Waals surface area contributed by atoms with Crippen LogP contribution in [0.3, 0.4) is 0 Å². The number of nitrogens with zero attached hydrogens (tertiary/aromatic N) is 2. The minimum atomic E-state index is -0.657. The second-order valence-electron chi connectivity index (χ2n) is 4.19. The van der Waals surface area contributed by atoms with Gasteiger partial charge in [0.15, 0.2) is 0 Å². The molecule has 0 fully saturated rings. The van der Waals surface area contributed by atoms with Crippen LogP contribution in [0.5, 0.6) is 0 Å². The molecule has 94 valence electrons. The molecule has 1 aromatic carbocycles. The van der Waals surface area contributed by atoms with Gasteiger partial charge in [-0.25, -0.2) is 0 Å². The van der Waals surface area contributed by atoms with E-state index >= 15 is 0 Å². The highest BCUT2D eigenvalue weighted by Gasteiger charge is 2.28. The summed E-state index contributed by atoms with van der Waals surface area (Å²) in [6.45, 7) is 0.578. The molecule has 1 amide bonds. The fourth-order valence-corrected chi connectivity index (χ4v) is 2.24. The van der Waals surface area contributed by atoms with E-state index < -0.39 is 6.04 Å². The van der Waals surface area contributed by atoms with Crippen LogP contribution in [0.25, 0.3) is 0 Å². The van der Waals surface area contributed by atoms with Gasteiger partial charge in [-0.2, -0.15) is 5.26 Å². The number of carbonyl (C=O) groups is 1. The van der Waals surface area contributed by atoms with Crippen molar-refractivity contribution in [3.63, 3.8) is 0 Å². The molecule has 3 N–H and O–H groups in total. The molecule has 0 bridgehead atoms. The number of halogens is 1. The number of hydrogen-bond donors (Lipinski definition) is 2. The van der Waals surface area contributed by atoms with Crippen molar-refractivity contribution in [2.45, 2.75) is 12.5 Å². The van der Waals surface area contributed by atoms with Gasteiger partial charge in [0.05, 0.1) is 23.2 Å². The normalized spacial score (nSPS) is 17.0. The van der Waals surface area contributed by atoms with Gasteiger partial charge in [0, 0.05) is 24.8 Å². The van der Waals surface area contributed by atoms with Crippen LogP contribution in [-0.4, -0.2) is 19.5 Å². The Hall–Kier alpha value is -1.77. The van der Waals surface area contributed by atoms with Crippen LogP contribution >= 0.6 is 11.6 Å². The summed E-state index contributed by atoms with van der Waals surface area (Å²) < 4.78 is 0. The SMILES string of the molecule is CN(CCC#N)c1cc2c(cc1Cl)C(N)C(=O)N2. The van der Waals surface area contributed by atoms with Crippen molar-refractivity contribution in [1.82, 2.24) is 0 Å². The van der Waals surface area contributed by atoms with Crippen molar-refractivity contribution in [1.29, 1.82) is 5.26 Å². The molecule has 1 aliphatic heterocycles. The highest BCUT2D eigenvalue weighted by Crippen LogP contribution is 2.37. The Kier molecular flexibility index (Phi) is 3.41. The fraction of sp³-hybridized carbons (Fsp3) is 0.333. The Morgan fingerprint density at radius 3 is 3.00 bits per heavy atom. The Morgan fingerprint density at radius 1 is 1.61 bits per heavy atom. The maximum absolute atomic E-state index is 11.5. The lowest BCUT2D eigenvalue weighted by Crippen LogP contribution is -2.19. The number of benzene rings is 1. The minimum Gasteiger partial charge on any atom is -0.372 e. The number of anilines is 2. The fourth-order valence-electron chi connectivity index (χ4n) is 1.93. The van der Waals surface area contributed by atoms with Gasteiger partial charge in [-0.05, 0) is 12.1 Å². The van der Waals surface area contributed by atoms with Crippen LogP contribution in [0.15, 0.2) is 12.1 Å². The van der Waals surface area contributed by atoms with Crippen LogP contribution in [0.2, 0.25) is 5.02 Å². The summed E-state index contributed by atoms with van der Waals surface area (Å²) in [5, 5.41) is 11.8. The third-order valence-corrected chi connectivity index (χ3v) is 3.27. The van der Waals surface area contributed by atoms with E-state index in [9.17, 15) is 4.79 Å². The molecule has 0 aromatic heterocycles. The molecule has 1 aliphatic rings. The number of hydrogen-bond acceptors (Lipinski definition) is 4. The number of carbonyl (C=O) groups excluding carboxylic acids is 1. The van der Waals surface area contributed by atoms with E-state index in [1.54, 1.807) is 12.1 Å². The monoisotopic (exact) mass is 264 g/mol. The summed E-state index contributed by atoms with van der Waals surface area (Å²) in [6, 6.07) is 4.92. The Labute approximate surface area is 110 Å². The predicted molar refractivity (Wildman–Crippen MR) is 70.5 cm³/mol. The van der Waals surface area contributed by atoms with E-state index in [1.807, 2.05) is 11.9 Å². The molecule has 1 atom stereocenters. The van der Waals surface area contributed by atoms with Crippen molar-refractivity contribution in [3.8, 4) is 6.07 Å². The molecule has 0 radical (unpaired) electrons. The highest BCUT2D eigenvalue weighted by molar-refractivity contribution is 6.33.